The van der Waals surface area contributed by atoms with Crippen molar-refractivity contribution < 1.29 is 0 Å². The van der Waals surface area contributed by atoms with Gasteiger partial charge in [-0.25, -0.2) is 19.6 Å². The van der Waals surface area contributed by atoms with E-state index in [1.165, 1.54) is 5.56 Å². The molecule has 0 fully saturated rings. The first-order valence-electron chi connectivity index (χ1n) is 11.2. The first-order valence-corrected chi connectivity index (χ1v) is 11.2. The van der Waals surface area contributed by atoms with Gasteiger partial charge in [0.25, 0.3) is 0 Å². The molecule has 0 saturated carbocycles. The largest absolute Gasteiger partial charge is 0.370 e. The van der Waals surface area contributed by atoms with Gasteiger partial charge in [-0.3, -0.25) is 0 Å². The Morgan fingerprint density at radius 3 is 2.70 bits per heavy atom. The molecule has 0 saturated heterocycles. The van der Waals surface area contributed by atoms with Crippen molar-refractivity contribution in [1.29, 1.82) is 0 Å². The molecule has 33 heavy (non-hydrogen) atoms. The maximum Gasteiger partial charge on any atom is 0.143 e. The van der Waals surface area contributed by atoms with Crippen LogP contribution in [0, 0.1) is 0 Å². The molecule has 1 aliphatic rings. The number of pyridine rings is 1. The van der Waals surface area contributed by atoms with Crippen LogP contribution in [-0.4, -0.2) is 35.8 Å². The molecular weight excluding hydrogens is 410 g/mol. The lowest BCUT2D eigenvalue weighted by Gasteiger charge is -2.25. The Morgan fingerprint density at radius 1 is 1.00 bits per heavy atom. The number of aromatic nitrogens is 6. The predicted molar refractivity (Wildman–Crippen MR) is 131 cm³/mol. The highest BCUT2D eigenvalue weighted by molar-refractivity contribution is 5.87. The van der Waals surface area contributed by atoms with Gasteiger partial charge in [0.05, 0.1) is 16.7 Å². The van der Waals surface area contributed by atoms with E-state index in [0.29, 0.717) is 0 Å². The van der Waals surface area contributed by atoms with E-state index in [0.717, 1.165) is 58.0 Å². The van der Waals surface area contributed by atoms with Gasteiger partial charge in [0, 0.05) is 29.4 Å². The number of anilines is 1. The number of rotatable bonds is 3. The Bertz CT molecular complexity index is 1470. The minimum absolute atomic E-state index is 0.165. The summed E-state index contributed by atoms with van der Waals surface area (Å²) in [6, 6.07) is 17.0. The van der Waals surface area contributed by atoms with Crippen molar-refractivity contribution in [2.45, 2.75) is 32.7 Å². The summed E-state index contributed by atoms with van der Waals surface area (Å²) >= 11 is 0. The summed E-state index contributed by atoms with van der Waals surface area (Å²) < 4.78 is 4.10. The molecule has 0 atom stereocenters. The van der Waals surface area contributed by atoms with Crippen LogP contribution in [0.3, 0.4) is 0 Å². The van der Waals surface area contributed by atoms with E-state index in [1.54, 1.807) is 17.3 Å². The number of para-hydroxylation sites is 1. The smallest absolute Gasteiger partial charge is 0.143 e. The topological polar surface area (TPSA) is 73.5 Å². The van der Waals surface area contributed by atoms with Gasteiger partial charge >= 0.3 is 0 Å². The van der Waals surface area contributed by atoms with Crippen LogP contribution in [0.4, 0.5) is 5.82 Å². The second-order valence-corrected chi connectivity index (χ2v) is 9.41. The molecule has 0 radical (unpaired) electrons. The number of nitrogens with zero attached hydrogens (tertiary/aromatic N) is 6. The minimum atomic E-state index is -0.165. The molecule has 0 amide bonds. The fraction of sp³-hybridized carbons (Fsp3) is 0.231. The quantitative estimate of drug-likeness (QED) is 0.428. The standard InChI is InChI=1S/C26H25N7/c1-26(2,3)33-23-9-8-17(19-12-18-10-11-28-24(18)29-14-19)13-21(23)31-25(33)20-6-4-5-7-22(20)32-16-27-15-30-32/h4-9,12-16H,10-11H2,1-3H3,(H,28,29). The van der Waals surface area contributed by atoms with Gasteiger partial charge in [-0.2, -0.15) is 5.10 Å². The molecule has 3 aromatic heterocycles. The molecule has 7 heteroatoms. The van der Waals surface area contributed by atoms with Crippen LogP contribution < -0.4 is 5.32 Å². The Kier molecular flexibility index (Phi) is 4.33. The van der Waals surface area contributed by atoms with Gasteiger partial charge in [-0.15, -0.1) is 0 Å². The summed E-state index contributed by atoms with van der Waals surface area (Å²) in [6.07, 6.45) is 6.23. The van der Waals surface area contributed by atoms with Crippen LogP contribution in [0.25, 0.3) is 39.2 Å². The summed E-state index contributed by atoms with van der Waals surface area (Å²) in [5, 5.41) is 7.69. The molecular formula is C26H25N7. The zero-order valence-corrected chi connectivity index (χ0v) is 18.9. The first kappa shape index (κ1) is 19.7. The van der Waals surface area contributed by atoms with E-state index in [-0.39, 0.29) is 5.54 Å². The molecule has 5 aromatic rings. The summed E-state index contributed by atoms with van der Waals surface area (Å²) in [4.78, 5) is 13.9. The van der Waals surface area contributed by atoms with Crippen LogP contribution in [0.15, 0.2) is 67.4 Å². The van der Waals surface area contributed by atoms with Gasteiger partial charge < -0.3 is 9.88 Å². The van der Waals surface area contributed by atoms with Gasteiger partial charge in [0.2, 0.25) is 0 Å². The van der Waals surface area contributed by atoms with E-state index < -0.39 is 0 Å². The normalized spacial score (nSPS) is 13.3. The summed E-state index contributed by atoms with van der Waals surface area (Å²) in [7, 11) is 0. The number of benzene rings is 2. The summed E-state index contributed by atoms with van der Waals surface area (Å²) in [5.74, 6) is 1.92. The van der Waals surface area contributed by atoms with E-state index >= 15 is 0 Å². The number of hydrogen-bond acceptors (Lipinski definition) is 5. The van der Waals surface area contributed by atoms with Crippen molar-refractivity contribution in [3.05, 3.63) is 72.9 Å². The lowest BCUT2D eigenvalue weighted by molar-refractivity contribution is 0.413. The lowest BCUT2D eigenvalue weighted by Crippen LogP contribution is -2.23. The lowest BCUT2D eigenvalue weighted by atomic mass is 10.0. The van der Waals surface area contributed by atoms with Crippen LogP contribution in [0.2, 0.25) is 0 Å². The maximum atomic E-state index is 5.15. The van der Waals surface area contributed by atoms with Crippen molar-refractivity contribution in [2.24, 2.45) is 0 Å². The Balaban J connectivity index is 1.55. The average Bonchev–Trinajstić information content (AvgIpc) is 3.57. The van der Waals surface area contributed by atoms with Crippen molar-refractivity contribution >= 4 is 16.9 Å². The fourth-order valence-electron chi connectivity index (χ4n) is 4.65. The van der Waals surface area contributed by atoms with Crippen LogP contribution in [0.5, 0.6) is 0 Å². The SMILES string of the molecule is CC(C)(C)n1c(-c2ccccc2-n2cncn2)nc2cc(-c3cnc4c(c3)CCN4)ccc21. The molecule has 0 bridgehead atoms. The number of fused-ring (bicyclic) bond motifs is 2. The van der Waals surface area contributed by atoms with E-state index in [4.69, 9.17) is 4.98 Å². The second-order valence-electron chi connectivity index (χ2n) is 9.41. The second kappa shape index (κ2) is 7.27. The molecule has 4 heterocycles. The molecule has 0 unspecified atom stereocenters. The summed E-state index contributed by atoms with van der Waals surface area (Å²) in [6.45, 7) is 7.58. The highest BCUT2D eigenvalue weighted by atomic mass is 15.3. The van der Waals surface area contributed by atoms with Crippen LogP contribution in [-0.2, 0) is 12.0 Å². The van der Waals surface area contributed by atoms with Crippen LogP contribution in [0.1, 0.15) is 26.3 Å². The van der Waals surface area contributed by atoms with Crippen molar-refractivity contribution in [2.75, 3.05) is 11.9 Å². The Hall–Kier alpha value is -4.00. The van der Waals surface area contributed by atoms with Gasteiger partial charge in [-0.1, -0.05) is 18.2 Å². The number of hydrogen-bond donors (Lipinski definition) is 1. The van der Waals surface area contributed by atoms with E-state index in [2.05, 4.69) is 76.1 Å². The third-order valence-corrected chi connectivity index (χ3v) is 6.12. The Labute approximate surface area is 192 Å². The van der Waals surface area contributed by atoms with Gasteiger partial charge in [-0.05, 0) is 68.7 Å². The number of nitrogens with one attached hydrogen (secondary N) is 1. The van der Waals surface area contributed by atoms with Gasteiger partial charge in [0.15, 0.2) is 0 Å². The molecule has 0 aliphatic carbocycles. The fourth-order valence-corrected chi connectivity index (χ4v) is 4.65. The molecule has 1 aliphatic heterocycles. The third kappa shape index (κ3) is 3.28. The first-order chi connectivity index (χ1) is 16.0. The molecule has 0 spiro atoms. The predicted octanol–water partition coefficient (Wildman–Crippen LogP) is 5.07. The third-order valence-electron chi connectivity index (χ3n) is 6.12. The van der Waals surface area contributed by atoms with Crippen molar-refractivity contribution in [3.63, 3.8) is 0 Å². The zero-order chi connectivity index (χ0) is 22.6. The average molecular weight is 436 g/mol. The van der Waals surface area contributed by atoms with Crippen LogP contribution >= 0.6 is 0 Å². The molecule has 2 aromatic carbocycles. The minimum Gasteiger partial charge on any atom is -0.370 e. The highest BCUT2D eigenvalue weighted by Crippen LogP contribution is 2.36. The highest BCUT2D eigenvalue weighted by Gasteiger charge is 2.24. The maximum absolute atomic E-state index is 5.15. The van der Waals surface area contributed by atoms with Crippen molar-refractivity contribution in [1.82, 2.24) is 29.3 Å². The Morgan fingerprint density at radius 2 is 1.88 bits per heavy atom. The van der Waals surface area contributed by atoms with Crippen molar-refractivity contribution in [3.8, 4) is 28.2 Å². The monoisotopic (exact) mass is 435 g/mol. The zero-order valence-electron chi connectivity index (χ0n) is 18.9. The summed E-state index contributed by atoms with van der Waals surface area (Å²) in [5.41, 5.74) is 7.38. The van der Waals surface area contributed by atoms with Gasteiger partial charge in [0.1, 0.15) is 24.3 Å². The van der Waals surface area contributed by atoms with E-state index in [9.17, 15) is 0 Å². The molecule has 7 nitrogen and oxygen atoms in total. The number of imidazole rings is 1. The van der Waals surface area contributed by atoms with E-state index in [1.807, 2.05) is 24.4 Å². The molecule has 1 N–H and O–H groups in total. The molecule has 6 rings (SSSR count). The molecule has 164 valence electrons.